The molecule has 2 aromatic rings. The van der Waals surface area contributed by atoms with E-state index < -0.39 is 0 Å². The van der Waals surface area contributed by atoms with Gasteiger partial charge in [0.2, 0.25) is 0 Å². The van der Waals surface area contributed by atoms with Crippen LogP contribution in [0.2, 0.25) is 0 Å². The molecular formula is C12H15ClN4O3S2. The van der Waals surface area contributed by atoms with Crippen LogP contribution in [0.1, 0.15) is 28.1 Å². The van der Waals surface area contributed by atoms with Crippen LogP contribution in [0.3, 0.4) is 0 Å². The van der Waals surface area contributed by atoms with E-state index in [9.17, 15) is 9.59 Å². The van der Waals surface area contributed by atoms with Crippen molar-refractivity contribution < 1.29 is 14.3 Å². The molecule has 0 atom stereocenters. The highest BCUT2D eigenvalue weighted by Crippen LogP contribution is 2.18. The van der Waals surface area contributed by atoms with Gasteiger partial charge in [0, 0.05) is 17.3 Å². The summed E-state index contributed by atoms with van der Waals surface area (Å²) in [6.45, 7) is 2.38. The van der Waals surface area contributed by atoms with Crippen molar-refractivity contribution in [2.45, 2.75) is 19.9 Å². The highest BCUT2D eigenvalue weighted by molar-refractivity contribution is 7.14. The number of nitrogens with zero attached hydrogens (tertiary/aromatic N) is 2. The average Bonchev–Trinajstić information content (AvgIpc) is 3.08. The highest BCUT2D eigenvalue weighted by atomic mass is 35.5. The van der Waals surface area contributed by atoms with Crippen LogP contribution in [0, 0.1) is 0 Å². The van der Waals surface area contributed by atoms with Crippen LogP contribution < -0.4 is 11.1 Å². The van der Waals surface area contributed by atoms with Gasteiger partial charge in [-0.1, -0.05) is 0 Å². The third kappa shape index (κ3) is 5.02. The highest BCUT2D eigenvalue weighted by Gasteiger charge is 2.13. The van der Waals surface area contributed by atoms with E-state index in [1.54, 1.807) is 17.7 Å². The smallest absolute Gasteiger partial charge is 0.311 e. The molecule has 1 amide bonds. The maximum absolute atomic E-state index is 11.9. The lowest BCUT2D eigenvalue weighted by Gasteiger charge is -1.99. The molecule has 22 heavy (non-hydrogen) atoms. The number of halogens is 1. The number of esters is 1. The van der Waals surface area contributed by atoms with Crippen LogP contribution in [-0.2, 0) is 22.5 Å². The molecule has 0 aliphatic rings. The number of thiazole rings is 2. The van der Waals surface area contributed by atoms with Crippen molar-refractivity contribution in [1.82, 2.24) is 9.97 Å². The molecule has 0 aromatic carbocycles. The van der Waals surface area contributed by atoms with E-state index in [4.69, 9.17) is 10.5 Å². The van der Waals surface area contributed by atoms with Crippen molar-refractivity contribution in [3.8, 4) is 0 Å². The Bertz CT molecular complexity index is 644. The van der Waals surface area contributed by atoms with Gasteiger partial charge in [0.15, 0.2) is 5.13 Å². The summed E-state index contributed by atoms with van der Waals surface area (Å²) in [5.41, 5.74) is 6.32. The van der Waals surface area contributed by atoms with Crippen molar-refractivity contribution >= 4 is 52.1 Å². The molecule has 0 aliphatic heterocycles. The minimum Gasteiger partial charge on any atom is -0.466 e. The van der Waals surface area contributed by atoms with E-state index in [2.05, 4.69) is 15.3 Å². The van der Waals surface area contributed by atoms with E-state index in [-0.39, 0.29) is 30.7 Å². The molecule has 10 heteroatoms. The monoisotopic (exact) mass is 362 g/mol. The number of nitrogens with one attached hydrogen (secondary N) is 1. The normalized spacial score (nSPS) is 9.91. The van der Waals surface area contributed by atoms with Gasteiger partial charge in [-0.3, -0.25) is 14.9 Å². The Kier molecular flexibility index (Phi) is 7.39. The van der Waals surface area contributed by atoms with Gasteiger partial charge in [-0.05, 0) is 6.92 Å². The number of ether oxygens (including phenoxy) is 1. The third-order valence-corrected chi connectivity index (χ3v) is 4.04. The van der Waals surface area contributed by atoms with E-state index in [0.29, 0.717) is 34.7 Å². The molecule has 3 N–H and O–H groups in total. The van der Waals surface area contributed by atoms with Crippen molar-refractivity contribution in [1.29, 1.82) is 0 Å². The van der Waals surface area contributed by atoms with Crippen LogP contribution in [-0.4, -0.2) is 28.5 Å². The van der Waals surface area contributed by atoms with Crippen LogP contribution in [0.15, 0.2) is 10.8 Å². The summed E-state index contributed by atoms with van der Waals surface area (Å²) >= 11 is 2.58. The largest absolute Gasteiger partial charge is 0.466 e. The van der Waals surface area contributed by atoms with Crippen molar-refractivity contribution in [3.63, 3.8) is 0 Å². The molecule has 0 aliphatic carbocycles. The summed E-state index contributed by atoms with van der Waals surface area (Å²) in [6.07, 6.45) is 0.0915. The van der Waals surface area contributed by atoms with E-state index in [1.807, 2.05) is 0 Å². The lowest BCUT2D eigenvalue weighted by Crippen LogP contribution is -2.13. The van der Waals surface area contributed by atoms with Gasteiger partial charge >= 0.3 is 5.97 Å². The Morgan fingerprint density at radius 2 is 2.09 bits per heavy atom. The molecule has 0 unspecified atom stereocenters. The number of hydrogen-bond acceptors (Lipinski definition) is 8. The number of hydrogen-bond donors (Lipinski definition) is 2. The summed E-state index contributed by atoms with van der Waals surface area (Å²) < 4.78 is 4.84. The number of rotatable bonds is 6. The Morgan fingerprint density at radius 1 is 1.32 bits per heavy atom. The van der Waals surface area contributed by atoms with Gasteiger partial charge in [0.25, 0.3) is 5.91 Å². The van der Waals surface area contributed by atoms with Gasteiger partial charge in [0.05, 0.1) is 18.7 Å². The molecule has 7 nitrogen and oxygen atoms in total. The molecule has 0 saturated heterocycles. The van der Waals surface area contributed by atoms with Crippen molar-refractivity contribution in [2.75, 3.05) is 11.9 Å². The first-order valence-corrected chi connectivity index (χ1v) is 7.94. The van der Waals surface area contributed by atoms with Crippen molar-refractivity contribution in [2.24, 2.45) is 5.73 Å². The second-order valence-electron chi connectivity index (χ2n) is 3.91. The number of anilines is 1. The van der Waals surface area contributed by atoms with Crippen LogP contribution in [0.5, 0.6) is 0 Å². The minimum absolute atomic E-state index is 0. The average molecular weight is 363 g/mol. The van der Waals surface area contributed by atoms with E-state index in [1.165, 1.54) is 22.7 Å². The van der Waals surface area contributed by atoms with Gasteiger partial charge in [0.1, 0.15) is 10.7 Å². The molecule has 0 spiro atoms. The van der Waals surface area contributed by atoms with Crippen LogP contribution >= 0.6 is 35.1 Å². The number of amides is 1. The first-order chi connectivity index (χ1) is 10.1. The van der Waals surface area contributed by atoms with Crippen LogP contribution in [0.25, 0.3) is 0 Å². The molecule has 0 saturated carbocycles. The molecule has 2 aromatic heterocycles. The standard InChI is InChI=1S/C12H14N4O3S2.ClH/c1-2-19-10(17)3-7-5-21-12(14-7)16-11(18)8-6-20-9(4-13)15-8;/h5-6H,2-4,13H2,1H3,(H,14,16,18);1H. The maximum Gasteiger partial charge on any atom is 0.311 e. The number of carbonyl (C=O) groups excluding carboxylic acids is 2. The lowest BCUT2D eigenvalue weighted by atomic mass is 10.3. The lowest BCUT2D eigenvalue weighted by molar-refractivity contribution is -0.142. The van der Waals surface area contributed by atoms with Crippen LogP contribution in [0.4, 0.5) is 5.13 Å². The Balaban J connectivity index is 0.00000242. The molecule has 0 fully saturated rings. The molecule has 2 heterocycles. The number of carbonyl (C=O) groups is 2. The zero-order valence-electron chi connectivity index (χ0n) is 11.7. The Hall–Kier alpha value is -1.55. The zero-order chi connectivity index (χ0) is 15.2. The molecular weight excluding hydrogens is 348 g/mol. The molecule has 120 valence electrons. The summed E-state index contributed by atoms with van der Waals surface area (Å²) in [4.78, 5) is 31.5. The fraction of sp³-hybridized carbons (Fsp3) is 0.333. The minimum atomic E-state index is -0.344. The third-order valence-electron chi connectivity index (χ3n) is 2.36. The summed E-state index contributed by atoms with van der Waals surface area (Å²) in [6, 6.07) is 0. The second kappa shape index (κ2) is 8.79. The Labute approximate surface area is 141 Å². The van der Waals surface area contributed by atoms with Gasteiger partial charge in [-0.25, -0.2) is 9.97 Å². The van der Waals surface area contributed by atoms with Gasteiger partial charge in [-0.15, -0.1) is 35.1 Å². The van der Waals surface area contributed by atoms with E-state index >= 15 is 0 Å². The topological polar surface area (TPSA) is 107 Å². The van der Waals surface area contributed by atoms with Gasteiger partial charge < -0.3 is 10.5 Å². The fourth-order valence-electron chi connectivity index (χ4n) is 1.48. The summed E-state index contributed by atoms with van der Waals surface area (Å²) in [5.74, 6) is -0.684. The summed E-state index contributed by atoms with van der Waals surface area (Å²) in [5, 5.41) is 7.11. The molecule has 2 rings (SSSR count). The van der Waals surface area contributed by atoms with E-state index in [0.717, 1.165) is 0 Å². The summed E-state index contributed by atoms with van der Waals surface area (Å²) in [7, 11) is 0. The first kappa shape index (κ1) is 18.5. The van der Waals surface area contributed by atoms with Crippen molar-refractivity contribution in [3.05, 3.63) is 27.2 Å². The predicted molar refractivity (Wildman–Crippen MR) is 87.7 cm³/mol. The SMILES string of the molecule is CCOC(=O)Cc1csc(NC(=O)c2csc(CN)n2)n1.Cl. The predicted octanol–water partition coefficient (Wildman–Crippen LogP) is 1.84. The number of aromatic nitrogens is 2. The molecule has 0 bridgehead atoms. The Morgan fingerprint density at radius 3 is 2.73 bits per heavy atom. The maximum atomic E-state index is 11.9. The zero-order valence-corrected chi connectivity index (χ0v) is 14.1. The first-order valence-electron chi connectivity index (χ1n) is 6.18. The number of nitrogens with two attached hydrogens (primary N) is 1. The fourth-order valence-corrected chi connectivity index (χ4v) is 2.84. The quantitative estimate of drug-likeness (QED) is 0.759. The van der Waals surface area contributed by atoms with Gasteiger partial charge in [-0.2, -0.15) is 0 Å². The second-order valence-corrected chi connectivity index (χ2v) is 5.71. The molecule has 0 radical (unpaired) electrons.